The number of nitrogens with zero attached hydrogens (tertiary/aromatic N) is 2. The molecule has 10 nitrogen and oxygen atoms in total. The van der Waals surface area contributed by atoms with Gasteiger partial charge in [-0.2, -0.15) is 0 Å². The zero-order valence-electron chi connectivity index (χ0n) is 21.8. The molecule has 1 atom stereocenters. The van der Waals surface area contributed by atoms with Gasteiger partial charge < -0.3 is 15.0 Å². The Balaban J connectivity index is 1.63. The summed E-state index contributed by atoms with van der Waals surface area (Å²) < 4.78 is 6.91. The fourth-order valence-electron chi connectivity index (χ4n) is 4.63. The quantitative estimate of drug-likeness (QED) is 0.169. The van der Waals surface area contributed by atoms with Gasteiger partial charge in [-0.05, 0) is 74.5 Å². The van der Waals surface area contributed by atoms with E-state index in [1.54, 1.807) is 79.7 Å². The first-order valence-corrected chi connectivity index (χ1v) is 14.1. The van der Waals surface area contributed by atoms with Crippen LogP contribution in [0.25, 0.3) is 11.0 Å². The molecule has 2 heterocycles. The molecule has 0 radical (unpaired) electrons. The van der Waals surface area contributed by atoms with Gasteiger partial charge >= 0.3 is 5.97 Å². The van der Waals surface area contributed by atoms with Gasteiger partial charge in [-0.1, -0.05) is 44.0 Å². The Kier molecular flexibility index (Phi) is 7.78. The molecule has 1 unspecified atom stereocenters. The van der Waals surface area contributed by atoms with E-state index < -0.39 is 29.1 Å². The number of anilines is 3. The molecule has 0 aliphatic carbocycles. The first-order valence-electron chi connectivity index (χ1n) is 12.5. The third-order valence-electron chi connectivity index (χ3n) is 6.53. The Morgan fingerprint density at radius 1 is 0.976 bits per heavy atom. The predicted molar refractivity (Wildman–Crippen MR) is 161 cm³/mol. The Hall–Kier alpha value is -4.29. The van der Waals surface area contributed by atoms with Crippen LogP contribution >= 0.6 is 31.9 Å². The number of ether oxygens (including phenoxy) is 1. The van der Waals surface area contributed by atoms with Crippen molar-refractivity contribution in [2.45, 2.75) is 19.4 Å². The number of halogens is 2. The monoisotopic (exact) mass is 679 g/mol. The lowest BCUT2D eigenvalue weighted by Gasteiger charge is -2.34. The van der Waals surface area contributed by atoms with Gasteiger partial charge in [-0.25, -0.2) is 9.78 Å². The number of imidazole rings is 1. The highest BCUT2D eigenvalue weighted by atomic mass is 79.9. The van der Waals surface area contributed by atoms with Crippen molar-refractivity contribution in [2.24, 2.45) is 0 Å². The lowest BCUT2D eigenvalue weighted by Crippen LogP contribution is -2.55. The molecule has 1 aliphatic rings. The second-order valence-corrected chi connectivity index (χ2v) is 11.0. The number of fused-ring (bicyclic) bond motifs is 1. The topological polar surface area (TPSA) is 133 Å². The van der Waals surface area contributed by atoms with Crippen molar-refractivity contribution >= 4 is 83.8 Å². The van der Waals surface area contributed by atoms with E-state index in [2.05, 4.69) is 52.5 Å². The summed E-state index contributed by atoms with van der Waals surface area (Å²) in [7, 11) is 0. The number of aromatic nitrogens is 2. The summed E-state index contributed by atoms with van der Waals surface area (Å²) in [5, 5.41) is 5.45. The third-order valence-corrected chi connectivity index (χ3v) is 7.58. The lowest BCUT2D eigenvalue weighted by atomic mass is 9.88. The molecule has 4 aromatic rings. The highest BCUT2D eigenvalue weighted by molar-refractivity contribution is 9.10. The number of Topliss-reactive ketones (excluding diaryl/α,β-unsaturated/α-hetero) is 1. The number of carbonyl (C=O) groups excluding carboxylic acids is 4. The maximum Gasteiger partial charge on any atom is 0.337 e. The maximum atomic E-state index is 14.1. The van der Waals surface area contributed by atoms with E-state index in [4.69, 9.17) is 4.74 Å². The van der Waals surface area contributed by atoms with Crippen molar-refractivity contribution in [3.05, 3.63) is 93.0 Å². The van der Waals surface area contributed by atoms with Crippen LogP contribution in [0.2, 0.25) is 0 Å². The highest BCUT2D eigenvalue weighted by Crippen LogP contribution is 2.41. The molecule has 12 heteroatoms. The van der Waals surface area contributed by atoms with Gasteiger partial charge in [0.2, 0.25) is 5.95 Å². The number of aromatic amines is 1. The van der Waals surface area contributed by atoms with Crippen LogP contribution in [0.4, 0.5) is 17.3 Å². The van der Waals surface area contributed by atoms with E-state index in [1.807, 2.05) is 0 Å². The molecule has 0 spiro atoms. The van der Waals surface area contributed by atoms with E-state index in [0.717, 1.165) is 8.95 Å². The first-order chi connectivity index (χ1) is 19.6. The Labute approximate surface area is 251 Å². The molecule has 0 fully saturated rings. The van der Waals surface area contributed by atoms with Crippen LogP contribution in [0.3, 0.4) is 0 Å². The minimum Gasteiger partial charge on any atom is -0.464 e. The number of benzene rings is 3. The first kappa shape index (κ1) is 28.2. The van der Waals surface area contributed by atoms with Crippen molar-refractivity contribution in [3.63, 3.8) is 0 Å². The molecule has 0 bridgehead atoms. The molecular formula is C29H23Br2N5O5. The normalized spacial score (nSPS) is 16.7. The van der Waals surface area contributed by atoms with E-state index in [9.17, 15) is 19.2 Å². The minimum absolute atomic E-state index is 0.0150. The lowest BCUT2D eigenvalue weighted by molar-refractivity contribution is -0.149. The second kappa shape index (κ2) is 11.3. The van der Waals surface area contributed by atoms with Crippen LogP contribution < -0.4 is 15.5 Å². The Morgan fingerprint density at radius 2 is 1.61 bits per heavy atom. The molecular weight excluding hydrogens is 658 g/mol. The van der Waals surface area contributed by atoms with Crippen LogP contribution in [-0.2, 0) is 23.9 Å². The summed E-state index contributed by atoms with van der Waals surface area (Å²) >= 11 is 6.75. The van der Waals surface area contributed by atoms with Crippen LogP contribution in [0, 0.1) is 0 Å². The number of rotatable bonds is 8. The number of hydrogen-bond donors (Lipinski definition) is 3. The van der Waals surface area contributed by atoms with Crippen molar-refractivity contribution in [1.82, 2.24) is 9.97 Å². The molecule has 0 saturated carbocycles. The molecule has 3 aromatic carbocycles. The van der Waals surface area contributed by atoms with Gasteiger partial charge in [0.1, 0.15) is 5.70 Å². The fourth-order valence-corrected chi connectivity index (χ4v) is 5.15. The average molecular weight is 681 g/mol. The van der Waals surface area contributed by atoms with Gasteiger partial charge in [0.15, 0.2) is 5.54 Å². The van der Waals surface area contributed by atoms with Crippen LogP contribution in [0.1, 0.15) is 13.8 Å². The van der Waals surface area contributed by atoms with Crippen LogP contribution in [0.5, 0.6) is 0 Å². The van der Waals surface area contributed by atoms with E-state index >= 15 is 0 Å². The number of esters is 1. The number of amides is 2. The molecule has 1 aromatic heterocycles. The Morgan fingerprint density at radius 3 is 2.24 bits per heavy atom. The summed E-state index contributed by atoms with van der Waals surface area (Å²) in [6, 6.07) is 20.6. The number of para-hydroxylation sites is 2. The zero-order valence-corrected chi connectivity index (χ0v) is 25.0. The SMILES string of the molecule is CCOC(=O)C1(C)C(C(=O)C(=O)Nc2nc3ccccc3[nH]2)=C(Nc2ccc(Br)cc2)C(=O)N1c1ccc(Br)cc1. The van der Waals surface area contributed by atoms with Gasteiger partial charge in [-0.3, -0.25) is 24.6 Å². The van der Waals surface area contributed by atoms with Crippen molar-refractivity contribution in [3.8, 4) is 0 Å². The molecule has 1 aliphatic heterocycles. The molecule has 3 N–H and O–H groups in total. The van der Waals surface area contributed by atoms with Crippen LogP contribution in [0.15, 0.2) is 93.0 Å². The Bertz CT molecular complexity index is 1680. The molecule has 208 valence electrons. The number of carbonyl (C=O) groups is 4. The summed E-state index contributed by atoms with van der Waals surface area (Å²) in [5.41, 5.74) is -0.550. The molecule has 5 rings (SSSR count). The number of H-pyrrole nitrogens is 1. The number of hydrogen-bond acceptors (Lipinski definition) is 7. The largest absolute Gasteiger partial charge is 0.464 e. The minimum atomic E-state index is -1.99. The standard InChI is InChI=1S/C29H23Br2N5O5/c1-3-41-27(40)29(2)22(24(37)25(38)35-28-33-20-6-4-5-7-21(20)34-28)23(32-18-12-8-16(30)9-13-18)26(39)36(29)19-14-10-17(31)11-15-19/h4-15,32H,3H2,1-2H3,(H2,33,34,35,38). The summed E-state index contributed by atoms with van der Waals surface area (Å²) in [5.74, 6) is -3.71. The van der Waals surface area contributed by atoms with Gasteiger partial charge in [-0.15, -0.1) is 0 Å². The second-order valence-electron chi connectivity index (χ2n) is 9.18. The maximum absolute atomic E-state index is 14.1. The number of nitrogens with one attached hydrogen (secondary N) is 3. The zero-order chi connectivity index (χ0) is 29.3. The van der Waals surface area contributed by atoms with Crippen molar-refractivity contribution in [2.75, 3.05) is 22.1 Å². The summed E-state index contributed by atoms with van der Waals surface area (Å²) in [4.78, 5) is 63.5. The van der Waals surface area contributed by atoms with Gasteiger partial charge in [0.25, 0.3) is 17.6 Å². The predicted octanol–water partition coefficient (Wildman–Crippen LogP) is 5.33. The molecule has 0 saturated heterocycles. The van der Waals surface area contributed by atoms with E-state index in [0.29, 0.717) is 22.4 Å². The fraction of sp³-hybridized carbons (Fsp3) is 0.138. The van der Waals surface area contributed by atoms with Crippen molar-refractivity contribution in [1.29, 1.82) is 0 Å². The smallest absolute Gasteiger partial charge is 0.337 e. The summed E-state index contributed by atoms with van der Waals surface area (Å²) in [6.45, 7) is 2.99. The molecule has 2 amide bonds. The van der Waals surface area contributed by atoms with E-state index in [1.165, 1.54) is 11.8 Å². The molecule has 41 heavy (non-hydrogen) atoms. The summed E-state index contributed by atoms with van der Waals surface area (Å²) in [6.07, 6.45) is 0. The highest BCUT2D eigenvalue weighted by Gasteiger charge is 2.58. The van der Waals surface area contributed by atoms with Crippen molar-refractivity contribution < 1.29 is 23.9 Å². The van der Waals surface area contributed by atoms with Gasteiger partial charge in [0.05, 0.1) is 23.2 Å². The average Bonchev–Trinajstić information content (AvgIpc) is 3.46. The van der Waals surface area contributed by atoms with Crippen LogP contribution in [-0.4, -0.2) is 45.7 Å². The third kappa shape index (κ3) is 5.27. The van der Waals surface area contributed by atoms with E-state index in [-0.39, 0.29) is 23.8 Å². The number of ketones is 1. The van der Waals surface area contributed by atoms with Gasteiger partial charge in [0, 0.05) is 20.3 Å².